The molecule has 0 aliphatic carbocycles. The predicted octanol–water partition coefficient (Wildman–Crippen LogP) is 1.76. The van der Waals surface area contributed by atoms with Crippen LogP contribution in [0.5, 0.6) is 0 Å². The van der Waals surface area contributed by atoms with Gasteiger partial charge in [0.25, 0.3) is 0 Å². The van der Waals surface area contributed by atoms with Crippen LogP contribution in [-0.2, 0) is 11.3 Å². The van der Waals surface area contributed by atoms with Crippen LogP contribution in [-0.4, -0.2) is 32.6 Å². The number of likely N-dealkylation sites (N-methyl/N-ethyl adjacent to an activating group) is 1. The van der Waals surface area contributed by atoms with Gasteiger partial charge in [-0.1, -0.05) is 12.1 Å². The lowest BCUT2D eigenvalue weighted by Crippen LogP contribution is -2.15. The minimum absolute atomic E-state index is 1.00. The van der Waals surface area contributed by atoms with Gasteiger partial charge in [-0.3, -0.25) is 10.3 Å². The molecule has 1 aromatic carbocycles. The van der Waals surface area contributed by atoms with E-state index in [-0.39, 0.29) is 0 Å². The van der Waals surface area contributed by atoms with Gasteiger partial charge in [-0.25, -0.2) is 0 Å². The maximum Gasteiger partial charge on any atom is 0.0636 e. The van der Waals surface area contributed by atoms with E-state index in [0.29, 0.717) is 0 Å². The second-order valence-corrected chi connectivity index (χ2v) is 3.56. The normalized spacial score (nSPS) is 10.6. The minimum atomic E-state index is 1.00. The van der Waals surface area contributed by atoms with Gasteiger partial charge in [-0.2, -0.15) is 0 Å². The summed E-state index contributed by atoms with van der Waals surface area (Å²) >= 11 is 0. The molecule has 0 fully saturated rings. The third-order valence-electron chi connectivity index (χ3n) is 1.99. The Labute approximate surface area is 85.6 Å². The first-order valence-corrected chi connectivity index (χ1v) is 4.75. The fourth-order valence-electron chi connectivity index (χ4n) is 1.26. The van der Waals surface area contributed by atoms with Gasteiger partial charge in [-0.15, -0.1) is 0 Å². The van der Waals surface area contributed by atoms with Crippen LogP contribution in [0.4, 0.5) is 5.69 Å². The van der Waals surface area contributed by atoms with E-state index in [1.54, 1.807) is 7.11 Å². The molecular weight excluding hydrogens is 176 g/mol. The van der Waals surface area contributed by atoms with Gasteiger partial charge in [0.1, 0.15) is 0 Å². The number of hydrogen-bond donors (Lipinski definition) is 1. The Morgan fingerprint density at radius 3 is 2.79 bits per heavy atom. The molecule has 0 heterocycles. The lowest BCUT2D eigenvalue weighted by atomic mass is 10.1. The molecule has 0 saturated carbocycles. The molecule has 0 unspecified atom stereocenters. The van der Waals surface area contributed by atoms with Gasteiger partial charge in [-0.05, 0) is 38.2 Å². The van der Waals surface area contributed by atoms with E-state index < -0.39 is 0 Å². The fraction of sp³-hybridized carbons (Fsp3) is 0.455. The van der Waals surface area contributed by atoms with E-state index in [4.69, 9.17) is 4.84 Å². The summed E-state index contributed by atoms with van der Waals surface area (Å²) in [5.74, 6) is 0. The van der Waals surface area contributed by atoms with Crippen LogP contribution in [0.25, 0.3) is 0 Å². The van der Waals surface area contributed by atoms with Crippen molar-refractivity contribution in [2.45, 2.75) is 6.42 Å². The van der Waals surface area contributed by atoms with Crippen LogP contribution >= 0.6 is 0 Å². The molecule has 3 heteroatoms. The number of nitrogens with zero attached hydrogens (tertiary/aromatic N) is 1. The van der Waals surface area contributed by atoms with Crippen molar-refractivity contribution in [1.29, 1.82) is 0 Å². The highest BCUT2D eigenvalue weighted by atomic mass is 16.6. The highest BCUT2D eigenvalue weighted by Gasteiger charge is 1.96. The standard InChI is InChI=1S/C11H18N2O/c1-13(2)8-7-10-5-4-6-11(9-10)12-14-3/h4-6,9,12H,7-8H2,1-3H3. The third kappa shape index (κ3) is 3.77. The Morgan fingerprint density at radius 1 is 1.36 bits per heavy atom. The van der Waals surface area contributed by atoms with Crippen LogP contribution in [0.2, 0.25) is 0 Å². The van der Waals surface area contributed by atoms with Crippen LogP contribution in [0.15, 0.2) is 24.3 Å². The Balaban J connectivity index is 2.54. The van der Waals surface area contributed by atoms with Crippen LogP contribution in [0.3, 0.4) is 0 Å². The van der Waals surface area contributed by atoms with Crippen molar-refractivity contribution in [3.8, 4) is 0 Å². The predicted molar refractivity (Wildman–Crippen MR) is 59.3 cm³/mol. The average molecular weight is 194 g/mol. The van der Waals surface area contributed by atoms with Crippen LogP contribution in [0.1, 0.15) is 5.56 Å². The zero-order valence-corrected chi connectivity index (χ0v) is 9.08. The molecule has 0 spiro atoms. The Morgan fingerprint density at radius 2 is 2.14 bits per heavy atom. The highest BCUT2D eigenvalue weighted by Crippen LogP contribution is 2.10. The maximum absolute atomic E-state index is 4.85. The smallest absolute Gasteiger partial charge is 0.0636 e. The summed E-state index contributed by atoms with van der Waals surface area (Å²) < 4.78 is 0. The van der Waals surface area contributed by atoms with Crippen LogP contribution in [0, 0.1) is 0 Å². The van der Waals surface area contributed by atoms with Crippen molar-refractivity contribution in [3.63, 3.8) is 0 Å². The fourth-order valence-corrected chi connectivity index (χ4v) is 1.26. The molecule has 0 amide bonds. The summed E-state index contributed by atoms with van der Waals surface area (Å²) in [6, 6.07) is 8.26. The van der Waals surface area contributed by atoms with Crippen LogP contribution < -0.4 is 5.48 Å². The van der Waals surface area contributed by atoms with E-state index in [1.807, 2.05) is 12.1 Å². The molecule has 14 heavy (non-hydrogen) atoms. The number of hydrogen-bond acceptors (Lipinski definition) is 3. The van der Waals surface area contributed by atoms with Gasteiger partial charge in [0.2, 0.25) is 0 Å². The number of anilines is 1. The quantitative estimate of drug-likeness (QED) is 0.723. The molecule has 0 saturated heterocycles. The van der Waals surface area contributed by atoms with E-state index in [1.165, 1.54) is 5.56 Å². The van der Waals surface area contributed by atoms with Crippen molar-refractivity contribution >= 4 is 5.69 Å². The van der Waals surface area contributed by atoms with E-state index >= 15 is 0 Å². The van der Waals surface area contributed by atoms with Gasteiger partial charge in [0, 0.05) is 6.54 Å². The van der Waals surface area contributed by atoms with Gasteiger partial charge in [0.15, 0.2) is 0 Å². The topological polar surface area (TPSA) is 24.5 Å². The highest BCUT2D eigenvalue weighted by molar-refractivity contribution is 5.43. The van der Waals surface area contributed by atoms with Crippen molar-refractivity contribution in [2.75, 3.05) is 33.2 Å². The molecule has 0 bridgehead atoms. The van der Waals surface area contributed by atoms with Crippen molar-refractivity contribution < 1.29 is 4.84 Å². The SMILES string of the molecule is CONc1cccc(CCN(C)C)c1. The first kappa shape index (κ1) is 11.0. The minimum Gasteiger partial charge on any atom is -0.309 e. The Kier molecular flexibility index (Phi) is 4.43. The van der Waals surface area contributed by atoms with E-state index in [9.17, 15) is 0 Å². The molecule has 0 atom stereocenters. The molecule has 1 aromatic rings. The number of nitrogens with one attached hydrogen (secondary N) is 1. The summed E-state index contributed by atoms with van der Waals surface area (Å²) in [7, 11) is 5.78. The Bertz CT molecular complexity index is 274. The molecule has 3 nitrogen and oxygen atoms in total. The lowest BCUT2D eigenvalue weighted by molar-refractivity contribution is 0.271. The molecular formula is C11H18N2O. The van der Waals surface area contributed by atoms with Crippen molar-refractivity contribution in [2.24, 2.45) is 0 Å². The first-order chi connectivity index (χ1) is 6.72. The van der Waals surface area contributed by atoms with Gasteiger partial charge in [0.05, 0.1) is 12.8 Å². The average Bonchev–Trinajstić information content (AvgIpc) is 2.16. The lowest BCUT2D eigenvalue weighted by Gasteiger charge is -2.10. The zero-order valence-electron chi connectivity index (χ0n) is 9.08. The largest absolute Gasteiger partial charge is 0.309 e. The Hall–Kier alpha value is -1.06. The molecule has 0 radical (unpaired) electrons. The number of rotatable bonds is 5. The molecule has 0 aliphatic heterocycles. The molecule has 1 N–H and O–H groups in total. The molecule has 78 valence electrons. The van der Waals surface area contributed by atoms with E-state index in [2.05, 4.69) is 36.6 Å². The molecule has 0 aromatic heterocycles. The second-order valence-electron chi connectivity index (χ2n) is 3.56. The van der Waals surface area contributed by atoms with Gasteiger partial charge >= 0.3 is 0 Å². The second kappa shape index (κ2) is 5.62. The summed E-state index contributed by atoms with van der Waals surface area (Å²) in [5, 5.41) is 0. The summed E-state index contributed by atoms with van der Waals surface area (Å²) in [6.45, 7) is 1.07. The summed E-state index contributed by atoms with van der Waals surface area (Å²) in [6.07, 6.45) is 1.06. The van der Waals surface area contributed by atoms with Gasteiger partial charge < -0.3 is 4.90 Å². The zero-order chi connectivity index (χ0) is 10.4. The summed E-state index contributed by atoms with van der Waals surface area (Å²) in [4.78, 5) is 7.03. The monoisotopic (exact) mass is 194 g/mol. The molecule has 1 rings (SSSR count). The van der Waals surface area contributed by atoms with Crippen molar-refractivity contribution in [3.05, 3.63) is 29.8 Å². The summed E-state index contributed by atoms with van der Waals surface area (Å²) in [5.41, 5.74) is 5.15. The third-order valence-corrected chi connectivity index (χ3v) is 1.99. The maximum atomic E-state index is 4.85. The van der Waals surface area contributed by atoms with E-state index in [0.717, 1.165) is 18.7 Å². The number of benzene rings is 1. The molecule has 0 aliphatic rings. The first-order valence-electron chi connectivity index (χ1n) is 4.75. The van der Waals surface area contributed by atoms with Crippen molar-refractivity contribution in [1.82, 2.24) is 4.90 Å².